The predicted molar refractivity (Wildman–Crippen MR) is 88.6 cm³/mol. The summed E-state index contributed by atoms with van der Waals surface area (Å²) in [6.07, 6.45) is 0. The van der Waals surface area contributed by atoms with Crippen LogP contribution in [0.4, 0.5) is 0 Å². The van der Waals surface area contributed by atoms with Crippen molar-refractivity contribution in [1.29, 1.82) is 0 Å². The zero-order chi connectivity index (χ0) is 16.1. The van der Waals surface area contributed by atoms with Crippen LogP contribution in [0, 0.1) is 6.92 Å². The molecule has 23 heavy (non-hydrogen) atoms. The van der Waals surface area contributed by atoms with Crippen molar-refractivity contribution < 1.29 is 13.9 Å². The summed E-state index contributed by atoms with van der Waals surface area (Å²) in [6, 6.07) is 17.5. The number of para-hydroxylation sites is 2. The highest BCUT2D eigenvalue weighted by Crippen LogP contribution is 2.28. The number of hydrogen-bond donors (Lipinski definition) is 0. The molecule has 0 spiro atoms. The first-order valence-electron chi connectivity index (χ1n) is 7.64. The number of nitrogens with zero attached hydrogens (tertiary/aromatic N) is 1. The predicted octanol–water partition coefficient (Wildman–Crippen LogP) is 4.63. The second kappa shape index (κ2) is 7.01. The molecule has 0 aliphatic heterocycles. The quantitative estimate of drug-likeness (QED) is 0.666. The molecule has 118 valence electrons. The topological polar surface area (TPSA) is 44.5 Å². The lowest BCUT2D eigenvalue weighted by Gasteiger charge is -2.10. The van der Waals surface area contributed by atoms with Crippen LogP contribution >= 0.6 is 0 Å². The molecule has 2 aromatic carbocycles. The Morgan fingerprint density at radius 1 is 0.913 bits per heavy atom. The molecule has 0 aliphatic rings. The molecule has 0 amide bonds. The third-order valence-corrected chi connectivity index (χ3v) is 3.43. The molecule has 0 radical (unpaired) electrons. The van der Waals surface area contributed by atoms with Gasteiger partial charge in [-0.1, -0.05) is 30.3 Å². The summed E-state index contributed by atoms with van der Waals surface area (Å²) in [4.78, 5) is 4.54. The first-order chi connectivity index (χ1) is 11.3. The van der Waals surface area contributed by atoms with E-state index < -0.39 is 0 Å². The van der Waals surface area contributed by atoms with Crippen molar-refractivity contribution in [3.05, 3.63) is 66.1 Å². The van der Waals surface area contributed by atoms with Crippen molar-refractivity contribution in [2.75, 3.05) is 6.61 Å². The van der Waals surface area contributed by atoms with Crippen LogP contribution in [-0.2, 0) is 6.61 Å². The normalized spacial score (nSPS) is 10.5. The standard InChI is InChI=1S/C19H19NO3/c1-3-21-17-11-7-8-12-18(17)22-13-16-14(2)23-19(20-16)15-9-5-4-6-10-15/h4-12H,3,13H2,1-2H3. The van der Waals surface area contributed by atoms with Crippen molar-refractivity contribution in [2.45, 2.75) is 20.5 Å². The number of aryl methyl sites for hydroxylation is 1. The second-order valence-electron chi connectivity index (χ2n) is 5.06. The van der Waals surface area contributed by atoms with E-state index in [1.807, 2.05) is 68.4 Å². The Morgan fingerprint density at radius 3 is 2.26 bits per heavy atom. The zero-order valence-corrected chi connectivity index (χ0v) is 13.3. The second-order valence-corrected chi connectivity index (χ2v) is 5.06. The molecule has 0 aliphatic carbocycles. The van der Waals surface area contributed by atoms with E-state index in [0.29, 0.717) is 24.9 Å². The molecule has 0 N–H and O–H groups in total. The average Bonchev–Trinajstić information content (AvgIpc) is 2.96. The largest absolute Gasteiger partial charge is 0.490 e. The minimum atomic E-state index is 0.340. The Kier molecular flexibility index (Phi) is 4.62. The van der Waals surface area contributed by atoms with Crippen molar-refractivity contribution in [3.63, 3.8) is 0 Å². The van der Waals surface area contributed by atoms with Crippen molar-refractivity contribution in [1.82, 2.24) is 4.98 Å². The lowest BCUT2D eigenvalue weighted by molar-refractivity contribution is 0.265. The first kappa shape index (κ1) is 15.2. The highest BCUT2D eigenvalue weighted by atomic mass is 16.5. The fraction of sp³-hybridized carbons (Fsp3) is 0.211. The molecular formula is C19H19NO3. The molecule has 0 fully saturated rings. The number of oxazole rings is 1. The van der Waals surface area contributed by atoms with Gasteiger partial charge in [0.1, 0.15) is 18.1 Å². The van der Waals surface area contributed by atoms with Gasteiger partial charge < -0.3 is 13.9 Å². The van der Waals surface area contributed by atoms with Crippen LogP contribution in [0.25, 0.3) is 11.5 Å². The molecular weight excluding hydrogens is 290 g/mol. The number of ether oxygens (including phenoxy) is 2. The summed E-state index contributed by atoms with van der Waals surface area (Å²) in [5, 5.41) is 0. The third-order valence-electron chi connectivity index (χ3n) is 3.43. The Labute approximate surface area is 135 Å². The summed E-state index contributed by atoms with van der Waals surface area (Å²) in [6.45, 7) is 4.78. The molecule has 0 saturated heterocycles. The molecule has 4 nitrogen and oxygen atoms in total. The Morgan fingerprint density at radius 2 is 1.57 bits per heavy atom. The van der Waals surface area contributed by atoms with Crippen molar-refractivity contribution in [2.24, 2.45) is 0 Å². The summed E-state index contributed by atoms with van der Waals surface area (Å²) in [7, 11) is 0. The van der Waals surface area contributed by atoms with Gasteiger partial charge in [0, 0.05) is 5.56 Å². The van der Waals surface area contributed by atoms with Crippen LogP contribution in [0.15, 0.2) is 59.0 Å². The van der Waals surface area contributed by atoms with Gasteiger partial charge in [-0.15, -0.1) is 0 Å². The monoisotopic (exact) mass is 309 g/mol. The minimum Gasteiger partial charge on any atom is -0.490 e. The van der Waals surface area contributed by atoms with E-state index in [1.54, 1.807) is 0 Å². The van der Waals surface area contributed by atoms with Crippen LogP contribution in [-0.4, -0.2) is 11.6 Å². The van der Waals surface area contributed by atoms with Gasteiger partial charge in [0.25, 0.3) is 0 Å². The molecule has 0 atom stereocenters. The molecule has 4 heteroatoms. The lowest BCUT2D eigenvalue weighted by atomic mass is 10.2. The number of benzene rings is 2. The van der Waals surface area contributed by atoms with E-state index in [1.165, 1.54) is 0 Å². The van der Waals surface area contributed by atoms with Gasteiger partial charge in [0.15, 0.2) is 11.5 Å². The van der Waals surface area contributed by atoms with Gasteiger partial charge in [-0.25, -0.2) is 4.98 Å². The molecule has 3 aromatic rings. The highest BCUT2D eigenvalue weighted by molar-refractivity contribution is 5.53. The third kappa shape index (κ3) is 3.54. The van der Waals surface area contributed by atoms with Gasteiger partial charge in [-0.3, -0.25) is 0 Å². The van der Waals surface area contributed by atoms with Gasteiger partial charge >= 0.3 is 0 Å². The minimum absolute atomic E-state index is 0.340. The molecule has 0 saturated carbocycles. The summed E-state index contributed by atoms with van der Waals surface area (Å²) in [5.41, 5.74) is 1.74. The van der Waals surface area contributed by atoms with E-state index in [9.17, 15) is 0 Å². The highest BCUT2D eigenvalue weighted by Gasteiger charge is 2.13. The van der Waals surface area contributed by atoms with Crippen LogP contribution in [0.1, 0.15) is 18.4 Å². The summed E-state index contributed by atoms with van der Waals surface area (Å²) < 4.78 is 17.2. The van der Waals surface area contributed by atoms with E-state index in [-0.39, 0.29) is 0 Å². The molecule has 0 bridgehead atoms. The average molecular weight is 309 g/mol. The Bertz CT molecular complexity index is 765. The number of aromatic nitrogens is 1. The zero-order valence-electron chi connectivity index (χ0n) is 13.3. The maximum Gasteiger partial charge on any atom is 0.226 e. The number of hydrogen-bond acceptors (Lipinski definition) is 4. The smallest absolute Gasteiger partial charge is 0.226 e. The maximum absolute atomic E-state index is 5.86. The number of rotatable bonds is 6. The van der Waals surface area contributed by atoms with Gasteiger partial charge in [0.2, 0.25) is 5.89 Å². The van der Waals surface area contributed by atoms with Gasteiger partial charge in [-0.05, 0) is 38.1 Å². The Hall–Kier alpha value is -2.75. The van der Waals surface area contributed by atoms with E-state index in [4.69, 9.17) is 13.9 Å². The Balaban J connectivity index is 1.76. The molecule has 1 aromatic heterocycles. The van der Waals surface area contributed by atoms with Gasteiger partial charge in [-0.2, -0.15) is 0 Å². The summed E-state index contributed by atoms with van der Waals surface area (Å²) in [5.74, 6) is 2.81. The van der Waals surface area contributed by atoms with Gasteiger partial charge in [0.05, 0.1) is 6.61 Å². The molecule has 1 heterocycles. The first-order valence-corrected chi connectivity index (χ1v) is 7.64. The van der Waals surface area contributed by atoms with Crippen LogP contribution in [0.2, 0.25) is 0 Å². The fourth-order valence-electron chi connectivity index (χ4n) is 2.26. The van der Waals surface area contributed by atoms with Crippen molar-refractivity contribution >= 4 is 0 Å². The SMILES string of the molecule is CCOc1ccccc1OCc1nc(-c2ccccc2)oc1C. The molecule has 0 unspecified atom stereocenters. The van der Waals surface area contributed by atoms with E-state index >= 15 is 0 Å². The molecule has 3 rings (SSSR count). The summed E-state index contributed by atoms with van der Waals surface area (Å²) >= 11 is 0. The van der Waals surface area contributed by atoms with Crippen LogP contribution in [0.3, 0.4) is 0 Å². The van der Waals surface area contributed by atoms with Crippen LogP contribution < -0.4 is 9.47 Å². The fourth-order valence-corrected chi connectivity index (χ4v) is 2.26. The van der Waals surface area contributed by atoms with E-state index in [2.05, 4.69) is 4.98 Å². The van der Waals surface area contributed by atoms with E-state index in [0.717, 1.165) is 22.8 Å². The van der Waals surface area contributed by atoms with Crippen LogP contribution in [0.5, 0.6) is 11.5 Å². The lowest BCUT2D eigenvalue weighted by Crippen LogP contribution is -2.00. The maximum atomic E-state index is 5.86. The van der Waals surface area contributed by atoms with Crippen molar-refractivity contribution in [3.8, 4) is 23.0 Å².